The van der Waals surface area contributed by atoms with Crippen molar-refractivity contribution >= 4 is 29.9 Å². The number of ether oxygens (including phenoxy) is 1. The average molecular weight is 506 g/mol. The molecule has 0 spiro atoms. The SMILES string of the molecule is CCNC(=NCc1cccc(OC)c1)NCc1coc(-c2ccc(C)cc2)n1.I. The molecule has 0 saturated heterocycles. The minimum atomic E-state index is 0. The Kier molecular flexibility index (Phi) is 8.98. The van der Waals surface area contributed by atoms with Gasteiger partial charge in [-0.3, -0.25) is 0 Å². The van der Waals surface area contributed by atoms with Crippen molar-refractivity contribution in [3.05, 3.63) is 71.6 Å². The van der Waals surface area contributed by atoms with Crippen molar-refractivity contribution in [2.24, 2.45) is 4.99 Å². The fourth-order valence-corrected chi connectivity index (χ4v) is 2.67. The van der Waals surface area contributed by atoms with Crippen molar-refractivity contribution in [1.29, 1.82) is 0 Å². The molecule has 1 aromatic heterocycles. The Hall–Kier alpha value is -2.55. The van der Waals surface area contributed by atoms with Crippen LogP contribution in [0.4, 0.5) is 0 Å². The molecule has 0 radical (unpaired) electrons. The molecule has 0 aliphatic carbocycles. The highest BCUT2D eigenvalue weighted by atomic mass is 127. The third kappa shape index (κ3) is 6.77. The summed E-state index contributed by atoms with van der Waals surface area (Å²) in [6.45, 7) is 5.95. The predicted molar refractivity (Wildman–Crippen MR) is 127 cm³/mol. The van der Waals surface area contributed by atoms with Gasteiger partial charge in [0.25, 0.3) is 0 Å². The lowest BCUT2D eigenvalue weighted by Gasteiger charge is -2.10. The minimum Gasteiger partial charge on any atom is -0.497 e. The quantitative estimate of drug-likeness (QED) is 0.280. The summed E-state index contributed by atoms with van der Waals surface area (Å²) in [7, 11) is 1.66. The van der Waals surface area contributed by atoms with E-state index in [0.29, 0.717) is 19.0 Å². The Morgan fingerprint density at radius 3 is 2.66 bits per heavy atom. The number of aromatic nitrogens is 1. The number of oxazole rings is 1. The number of rotatable bonds is 7. The third-order valence-electron chi connectivity index (χ3n) is 4.19. The van der Waals surface area contributed by atoms with E-state index in [4.69, 9.17) is 9.15 Å². The molecule has 0 saturated carbocycles. The van der Waals surface area contributed by atoms with Crippen molar-refractivity contribution in [3.8, 4) is 17.2 Å². The van der Waals surface area contributed by atoms with Crippen LogP contribution in [0.5, 0.6) is 5.75 Å². The van der Waals surface area contributed by atoms with E-state index in [2.05, 4.69) is 27.5 Å². The number of hydrogen-bond donors (Lipinski definition) is 2. The summed E-state index contributed by atoms with van der Waals surface area (Å²) >= 11 is 0. The van der Waals surface area contributed by atoms with Crippen molar-refractivity contribution in [2.45, 2.75) is 26.9 Å². The summed E-state index contributed by atoms with van der Waals surface area (Å²) in [5.41, 5.74) is 4.08. The van der Waals surface area contributed by atoms with E-state index in [1.165, 1.54) is 5.56 Å². The Labute approximate surface area is 188 Å². The van der Waals surface area contributed by atoms with Gasteiger partial charge in [0.2, 0.25) is 5.89 Å². The van der Waals surface area contributed by atoms with Crippen molar-refractivity contribution in [2.75, 3.05) is 13.7 Å². The van der Waals surface area contributed by atoms with E-state index in [1.807, 2.05) is 55.5 Å². The van der Waals surface area contributed by atoms with Crippen molar-refractivity contribution < 1.29 is 9.15 Å². The van der Waals surface area contributed by atoms with Crippen LogP contribution in [0.1, 0.15) is 23.7 Å². The fourth-order valence-electron chi connectivity index (χ4n) is 2.67. The first-order valence-electron chi connectivity index (χ1n) is 9.34. The smallest absolute Gasteiger partial charge is 0.226 e. The molecule has 154 valence electrons. The summed E-state index contributed by atoms with van der Waals surface area (Å²) in [4.78, 5) is 9.18. The largest absolute Gasteiger partial charge is 0.497 e. The molecule has 0 aliphatic heterocycles. The van der Waals surface area contributed by atoms with Crippen LogP contribution >= 0.6 is 24.0 Å². The highest BCUT2D eigenvalue weighted by Gasteiger charge is 2.07. The van der Waals surface area contributed by atoms with Gasteiger partial charge in [-0.25, -0.2) is 9.98 Å². The maximum Gasteiger partial charge on any atom is 0.226 e. The molecule has 2 N–H and O–H groups in total. The number of benzene rings is 2. The standard InChI is InChI=1S/C22H26N4O2.HI/c1-4-23-22(24-13-17-6-5-7-20(12-17)27-3)25-14-19-15-28-21(26-19)18-10-8-16(2)9-11-18;/h5-12,15H,4,13-14H2,1-3H3,(H2,23,24,25);1H. The van der Waals surface area contributed by atoms with Gasteiger partial charge in [-0.1, -0.05) is 29.8 Å². The van der Waals surface area contributed by atoms with Gasteiger partial charge in [0.05, 0.1) is 25.9 Å². The van der Waals surface area contributed by atoms with E-state index in [-0.39, 0.29) is 24.0 Å². The number of methoxy groups -OCH3 is 1. The average Bonchev–Trinajstić information content (AvgIpc) is 3.20. The van der Waals surface area contributed by atoms with Crippen LogP contribution in [-0.2, 0) is 13.1 Å². The third-order valence-corrected chi connectivity index (χ3v) is 4.19. The van der Waals surface area contributed by atoms with Crippen LogP contribution < -0.4 is 15.4 Å². The Bertz CT molecular complexity index is 923. The molecule has 29 heavy (non-hydrogen) atoms. The summed E-state index contributed by atoms with van der Waals surface area (Å²) < 4.78 is 10.9. The molecule has 0 atom stereocenters. The summed E-state index contributed by atoms with van der Waals surface area (Å²) in [6.07, 6.45) is 1.67. The Morgan fingerprint density at radius 2 is 1.93 bits per heavy atom. The number of halogens is 1. The van der Waals surface area contributed by atoms with Crippen LogP contribution in [-0.4, -0.2) is 24.6 Å². The summed E-state index contributed by atoms with van der Waals surface area (Å²) in [6, 6.07) is 16.0. The van der Waals surface area contributed by atoms with E-state index >= 15 is 0 Å². The molecule has 0 amide bonds. The highest BCUT2D eigenvalue weighted by molar-refractivity contribution is 14.0. The fraction of sp³-hybridized carbons (Fsp3) is 0.273. The molecule has 0 fully saturated rings. The van der Waals surface area contributed by atoms with E-state index in [0.717, 1.165) is 35.1 Å². The number of nitrogens with zero attached hydrogens (tertiary/aromatic N) is 2. The molecule has 7 heteroatoms. The maximum atomic E-state index is 5.61. The maximum absolute atomic E-state index is 5.61. The Balaban J connectivity index is 0.00000300. The minimum absolute atomic E-state index is 0. The van der Waals surface area contributed by atoms with Crippen molar-refractivity contribution in [1.82, 2.24) is 15.6 Å². The van der Waals surface area contributed by atoms with Crippen LogP contribution in [0.2, 0.25) is 0 Å². The number of hydrogen-bond acceptors (Lipinski definition) is 4. The lowest BCUT2D eigenvalue weighted by Crippen LogP contribution is -2.36. The van der Waals surface area contributed by atoms with Crippen LogP contribution in [0.3, 0.4) is 0 Å². The second kappa shape index (κ2) is 11.5. The van der Waals surface area contributed by atoms with Gasteiger partial charge in [-0.15, -0.1) is 24.0 Å². The van der Waals surface area contributed by atoms with Crippen molar-refractivity contribution in [3.63, 3.8) is 0 Å². The van der Waals surface area contributed by atoms with Gasteiger partial charge in [0.1, 0.15) is 12.0 Å². The zero-order valence-electron chi connectivity index (χ0n) is 16.9. The lowest BCUT2D eigenvalue weighted by molar-refractivity contribution is 0.414. The van der Waals surface area contributed by atoms with Crippen LogP contribution in [0.25, 0.3) is 11.5 Å². The first-order chi connectivity index (χ1) is 13.7. The summed E-state index contributed by atoms with van der Waals surface area (Å²) in [5.74, 6) is 2.18. The van der Waals surface area contributed by atoms with E-state index in [1.54, 1.807) is 13.4 Å². The van der Waals surface area contributed by atoms with Gasteiger partial charge < -0.3 is 19.8 Å². The first kappa shape index (κ1) is 22.7. The molecule has 3 aromatic rings. The molecule has 0 unspecified atom stereocenters. The van der Waals surface area contributed by atoms with Gasteiger partial charge in [0.15, 0.2) is 5.96 Å². The van der Waals surface area contributed by atoms with Gasteiger partial charge in [-0.05, 0) is 43.7 Å². The lowest BCUT2D eigenvalue weighted by atomic mass is 10.1. The molecule has 3 rings (SSSR count). The topological polar surface area (TPSA) is 71.7 Å². The van der Waals surface area contributed by atoms with E-state index < -0.39 is 0 Å². The first-order valence-corrected chi connectivity index (χ1v) is 9.34. The number of aryl methyl sites for hydroxylation is 1. The zero-order valence-corrected chi connectivity index (χ0v) is 19.3. The molecular formula is C22H27IN4O2. The molecular weight excluding hydrogens is 479 g/mol. The van der Waals surface area contributed by atoms with Gasteiger partial charge in [0, 0.05) is 12.1 Å². The second-order valence-electron chi connectivity index (χ2n) is 6.41. The normalized spacial score (nSPS) is 10.9. The molecule has 1 heterocycles. The van der Waals surface area contributed by atoms with Crippen LogP contribution in [0.15, 0.2) is 64.2 Å². The van der Waals surface area contributed by atoms with Crippen LogP contribution in [0, 0.1) is 6.92 Å². The number of aliphatic imine (C=N–C) groups is 1. The van der Waals surface area contributed by atoms with Gasteiger partial charge >= 0.3 is 0 Å². The number of guanidine groups is 1. The molecule has 0 aliphatic rings. The number of nitrogens with one attached hydrogen (secondary N) is 2. The monoisotopic (exact) mass is 506 g/mol. The predicted octanol–water partition coefficient (Wildman–Crippen LogP) is 4.53. The summed E-state index contributed by atoms with van der Waals surface area (Å²) in [5, 5.41) is 6.54. The molecule has 6 nitrogen and oxygen atoms in total. The molecule has 0 bridgehead atoms. The Morgan fingerprint density at radius 1 is 1.14 bits per heavy atom. The van der Waals surface area contributed by atoms with E-state index in [9.17, 15) is 0 Å². The van der Waals surface area contributed by atoms with Gasteiger partial charge in [-0.2, -0.15) is 0 Å². The highest BCUT2D eigenvalue weighted by Crippen LogP contribution is 2.19. The molecule has 2 aromatic carbocycles. The second-order valence-corrected chi connectivity index (χ2v) is 6.41. The zero-order chi connectivity index (χ0) is 19.8.